The molecule has 0 aliphatic carbocycles. The molecule has 0 fully saturated rings. The number of aryl methyl sites for hydroxylation is 1. The van der Waals surface area contributed by atoms with E-state index in [1.165, 1.54) is 6.92 Å². The topological polar surface area (TPSA) is 34.9 Å². The highest BCUT2D eigenvalue weighted by Gasteiger charge is 2.32. The second kappa shape index (κ2) is 2.62. The van der Waals surface area contributed by atoms with Gasteiger partial charge in [0.25, 0.3) is 0 Å². The molecular formula is C6H5F3N2O. The molecule has 0 amide bonds. The number of alkyl halides is 3. The summed E-state index contributed by atoms with van der Waals surface area (Å²) < 4.78 is 35.5. The lowest BCUT2D eigenvalue weighted by Gasteiger charge is -2.03. The van der Waals surface area contributed by atoms with E-state index in [0.29, 0.717) is 12.5 Å². The summed E-state index contributed by atoms with van der Waals surface area (Å²) in [6, 6.07) is 0. The highest BCUT2D eigenvalue weighted by atomic mass is 19.4. The molecule has 1 aromatic rings. The van der Waals surface area contributed by atoms with Crippen LogP contribution < -0.4 is 0 Å². The summed E-state index contributed by atoms with van der Waals surface area (Å²) in [6.07, 6.45) is -3.56. The number of hydrogen-bond donors (Lipinski definition) is 0. The van der Waals surface area contributed by atoms with Crippen molar-refractivity contribution in [3.63, 3.8) is 0 Å². The average molecular weight is 178 g/mol. The number of nitrogens with zero attached hydrogens (tertiary/aromatic N) is 2. The summed E-state index contributed by atoms with van der Waals surface area (Å²) >= 11 is 0. The van der Waals surface area contributed by atoms with Gasteiger partial charge in [-0.1, -0.05) is 0 Å². The minimum atomic E-state index is -4.55. The Labute approximate surface area is 65.8 Å². The van der Waals surface area contributed by atoms with Gasteiger partial charge in [-0.2, -0.15) is 9.78 Å². The van der Waals surface area contributed by atoms with Gasteiger partial charge in [-0.05, 0) is 6.92 Å². The van der Waals surface area contributed by atoms with Crippen LogP contribution in [0.2, 0.25) is 0 Å². The Morgan fingerprint density at radius 3 is 2.42 bits per heavy atom. The quantitative estimate of drug-likeness (QED) is 0.610. The number of hydrogen-bond acceptors (Lipinski definition) is 2. The summed E-state index contributed by atoms with van der Waals surface area (Å²) in [5, 5.41) is 3.11. The van der Waals surface area contributed by atoms with E-state index in [2.05, 4.69) is 5.10 Å². The van der Waals surface area contributed by atoms with E-state index in [1.54, 1.807) is 0 Å². The maximum Gasteiger partial charge on any atom is 0.504 e. The average Bonchev–Trinajstić information content (AvgIpc) is 2.29. The predicted octanol–water partition coefficient (Wildman–Crippen LogP) is 1.48. The van der Waals surface area contributed by atoms with E-state index in [4.69, 9.17) is 0 Å². The van der Waals surface area contributed by atoms with Crippen molar-refractivity contribution in [3.8, 4) is 0 Å². The lowest BCUT2D eigenvalue weighted by Crippen LogP contribution is -2.17. The molecule has 6 heteroatoms. The Bertz CT molecular complexity index is 302. The van der Waals surface area contributed by atoms with Crippen molar-refractivity contribution >= 4 is 6.29 Å². The Balaban J connectivity index is 3.13. The Kier molecular flexibility index (Phi) is 1.91. The Morgan fingerprint density at radius 2 is 2.17 bits per heavy atom. The van der Waals surface area contributed by atoms with E-state index >= 15 is 0 Å². The van der Waals surface area contributed by atoms with Crippen LogP contribution >= 0.6 is 0 Å². The van der Waals surface area contributed by atoms with Crippen molar-refractivity contribution in [2.24, 2.45) is 0 Å². The van der Waals surface area contributed by atoms with Gasteiger partial charge in [0.05, 0.1) is 11.3 Å². The van der Waals surface area contributed by atoms with Gasteiger partial charge in [0.1, 0.15) is 0 Å². The molecule has 0 radical (unpaired) electrons. The largest absolute Gasteiger partial charge is 0.504 e. The number of aldehydes is 1. The third kappa shape index (κ3) is 1.46. The highest BCUT2D eigenvalue weighted by Crippen LogP contribution is 2.21. The molecule has 0 aliphatic heterocycles. The summed E-state index contributed by atoms with van der Waals surface area (Å²) in [5.74, 6) is 0. The normalized spacial score (nSPS) is 11.7. The van der Waals surface area contributed by atoms with Crippen molar-refractivity contribution in [1.29, 1.82) is 0 Å². The number of carbonyl (C=O) groups excluding carboxylic acids is 1. The molecule has 0 saturated carbocycles. The standard InChI is InChI=1S/C6H5F3N2O/c1-4-5(3-12)2-11(10-4)6(7,8)9/h2-3H,1H3. The first-order chi connectivity index (χ1) is 5.45. The molecule has 0 unspecified atom stereocenters. The SMILES string of the molecule is Cc1nn(C(F)(F)F)cc1C=O. The number of halogens is 3. The zero-order valence-electron chi connectivity index (χ0n) is 6.09. The molecule has 1 heterocycles. The minimum absolute atomic E-state index is 0.0488. The van der Waals surface area contributed by atoms with Gasteiger partial charge < -0.3 is 0 Å². The van der Waals surface area contributed by atoms with Gasteiger partial charge in [-0.3, -0.25) is 4.79 Å². The maximum atomic E-state index is 11.9. The molecule has 0 spiro atoms. The Morgan fingerprint density at radius 1 is 1.58 bits per heavy atom. The van der Waals surface area contributed by atoms with E-state index in [-0.39, 0.29) is 15.9 Å². The van der Waals surface area contributed by atoms with Gasteiger partial charge in [0.15, 0.2) is 6.29 Å². The van der Waals surface area contributed by atoms with Crippen molar-refractivity contribution < 1.29 is 18.0 Å². The molecule has 0 atom stereocenters. The van der Waals surface area contributed by atoms with Crippen LogP contribution in [-0.4, -0.2) is 16.1 Å². The molecule has 12 heavy (non-hydrogen) atoms. The van der Waals surface area contributed by atoms with E-state index in [9.17, 15) is 18.0 Å². The third-order valence-electron chi connectivity index (χ3n) is 1.32. The molecule has 0 saturated heterocycles. The molecule has 1 aromatic heterocycles. The van der Waals surface area contributed by atoms with Crippen LogP contribution in [0.5, 0.6) is 0 Å². The van der Waals surface area contributed by atoms with Gasteiger partial charge in [-0.25, -0.2) is 0 Å². The van der Waals surface area contributed by atoms with Crippen LogP contribution in [0.25, 0.3) is 0 Å². The third-order valence-corrected chi connectivity index (χ3v) is 1.32. The lowest BCUT2D eigenvalue weighted by molar-refractivity contribution is -0.212. The first-order valence-corrected chi connectivity index (χ1v) is 3.04. The van der Waals surface area contributed by atoms with Crippen LogP contribution in [0.3, 0.4) is 0 Å². The van der Waals surface area contributed by atoms with E-state index in [1.807, 2.05) is 0 Å². The first-order valence-electron chi connectivity index (χ1n) is 3.04. The molecule has 0 bridgehead atoms. The van der Waals surface area contributed by atoms with Crippen LogP contribution in [0.15, 0.2) is 6.20 Å². The molecule has 0 aliphatic rings. The van der Waals surface area contributed by atoms with Crippen LogP contribution in [0.4, 0.5) is 13.2 Å². The maximum absolute atomic E-state index is 11.9. The van der Waals surface area contributed by atoms with Crippen LogP contribution in [-0.2, 0) is 6.30 Å². The monoisotopic (exact) mass is 178 g/mol. The van der Waals surface area contributed by atoms with E-state index < -0.39 is 6.30 Å². The number of carbonyl (C=O) groups is 1. The smallest absolute Gasteiger partial charge is 0.298 e. The van der Waals surface area contributed by atoms with Crippen molar-refractivity contribution in [3.05, 3.63) is 17.5 Å². The van der Waals surface area contributed by atoms with Gasteiger partial charge in [0.2, 0.25) is 0 Å². The second-order valence-corrected chi connectivity index (χ2v) is 2.20. The molecule has 0 N–H and O–H groups in total. The van der Waals surface area contributed by atoms with Gasteiger partial charge in [-0.15, -0.1) is 13.2 Å². The summed E-state index contributed by atoms with van der Waals surface area (Å²) in [4.78, 5) is 10.1. The fourth-order valence-corrected chi connectivity index (χ4v) is 0.719. The second-order valence-electron chi connectivity index (χ2n) is 2.20. The fraction of sp³-hybridized carbons (Fsp3) is 0.333. The predicted molar refractivity (Wildman–Crippen MR) is 33.6 cm³/mol. The summed E-state index contributed by atoms with van der Waals surface area (Å²) in [7, 11) is 0. The van der Waals surface area contributed by atoms with Gasteiger partial charge >= 0.3 is 6.30 Å². The zero-order valence-corrected chi connectivity index (χ0v) is 6.09. The zero-order chi connectivity index (χ0) is 9.35. The van der Waals surface area contributed by atoms with E-state index in [0.717, 1.165) is 0 Å². The van der Waals surface area contributed by atoms with Crippen LogP contribution in [0, 0.1) is 6.92 Å². The Hall–Kier alpha value is -1.33. The minimum Gasteiger partial charge on any atom is -0.298 e. The molecular weight excluding hydrogens is 173 g/mol. The summed E-state index contributed by atoms with van der Waals surface area (Å²) in [5.41, 5.74) is 0.0228. The molecule has 66 valence electrons. The van der Waals surface area contributed by atoms with Crippen LogP contribution in [0.1, 0.15) is 16.1 Å². The van der Waals surface area contributed by atoms with Crippen molar-refractivity contribution in [2.75, 3.05) is 0 Å². The molecule has 3 nitrogen and oxygen atoms in total. The van der Waals surface area contributed by atoms with Gasteiger partial charge in [0, 0.05) is 6.20 Å². The number of rotatable bonds is 1. The number of aromatic nitrogens is 2. The molecule has 1 rings (SSSR count). The van der Waals surface area contributed by atoms with Crippen molar-refractivity contribution in [1.82, 2.24) is 9.78 Å². The summed E-state index contributed by atoms with van der Waals surface area (Å²) in [6.45, 7) is 1.34. The molecule has 0 aromatic carbocycles. The highest BCUT2D eigenvalue weighted by molar-refractivity contribution is 5.75. The first kappa shape index (κ1) is 8.76. The lowest BCUT2D eigenvalue weighted by atomic mass is 10.3. The fourth-order valence-electron chi connectivity index (χ4n) is 0.719. The van der Waals surface area contributed by atoms with Crippen molar-refractivity contribution in [2.45, 2.75) is 13.2 Å².